The summed E-state index contributed by atoms with van der Waals surface area (Å²) in [5.41, 5.74) is 1.47. The molecule has 0 unspecified atom stereocenters. The van der Waals surface area contributed by atoms with Crippen LogP contribution in [0.25, 0.3) is 0 Å². The molecule has 0 bridgehead atoms. The highest BCUT2D eigenvalue weighted by atomic mass is 35.5. The first kappa shape index (κ1) is 17.7. The Bertz CT molecular complexity index is 539. The van der Waals surface area contributed by atoms with Gasteiger partial charge in [0, 0.05) is 11.4 Å². The Hall–Kier alpha value is -0.640. The van der Waals surface area contributed by atoms with Crippen LogP contribution in [-0.2, 0) is 4.79 Å². The number of hydrogen-bond acceptors (Lipinski definition) is 2. The zero-order chi connectivity index (χ0) is 15.9. The van der Waals surface area contributed by atoms with Crippen molar-refractivity contribution in [3.8, 4) is 0 Å². The standard InChI is InChI=1S/C17H21Cl2NOS/c1-12(22-16-14(18)8-5-9-15(16)19)17(21)20-11-10-13-6-3-2-4-7-13/h5-6,8-9,12H,2-4,7,10-11H2,1H3,(H,20,21)/t12-/m0/s1. The van der Waals surface area contributed by atoms with Crippen LogP contribution in [0.2, 0.25) is 10.0 Å². The Labute approximate surface area is 146 Å². The molecule has 0 aromatic heterocycles. The molecule has 1 atom stereocenters. The molecular formula is C17H21Cl2NOS. The van der Waals surface area contributed by atoms with E-state index in [0.29, 0.717) is 16.6 Å². The van der Waals surface area contributed by atoms with Crippen molar-refractivity contribution in [3.05, 3.63) is 39.9 Å². The third-order valence-electron chi connectivity index (χ3n) is 3.71. The molecule has 2 nitrogen and oxygen atoms in total. The third kappa shape index (κ3) is 5.22. The Balaban J connectivity index is 1.80. The average molecular weight is 358 g/mol. The van der Waals surface area contributed by atoms with Gasteiger partial charge in [0.25, 0.3) is 0 Å². The van der Waals surface area contributed by atoms with Crippen LogP contribution in [0, 0.1) is 0 Å². The lowest BCUT2D eigenvalue weighted by molar-refractivity contribution is -0.120. The minimum absolute atomic E-state index is 0.0254. The Morgan fingerprint density at radius 3 is 2.68 bits per heavy atom. The van der Waals surface area contributed by atoms with Crippen molar-refractivity contribution in [2.24, 2.45) is 0 Å². The largest absolute Gasteiger partial charge is 0.355 e. The molecule has 1 N–H and O–H groups in total. The number of carbonyl (C=O) groups excluding carboxylic acids is 1. The molecule has 2 rings (SSSR count). The summed E-state index contributed by atoms with van der Waals surface area (Å²) in [6.07, 6.45) is 8.20. The molecule has 5 heteroatoms. The van der Waals surface area contributed by atoms with Crippen LogP contribution in [0.1, 0.15) is 39.0 Å². The fraction of sp³-hybridized carbons (Fsp3) is 0.471. The molecule has 1 amide bonds. The second-order valence-electron chi connectivity index (χ2n) is 5.46. The molecule has 1 aliphatic carbocycles. The number of hydrogen-bond donors (Lipinski definition) is 1. The smallest absolute Gasteiger partial charge is 0.233 e. The predicted octanol–water partition coefficient (Wildman–Crippen LogP) is 5.48. The van der Waals surface area contributed by atoms with E-state index in [0.717, 1.165) is 11.3 Å². The lowest BCUT2D eigenvalue weighted by Crippen LogP contribution is -2.31. The van der Waals surface area contributed by atoms with Crippen molar-refractivity contribution in [2.45, 2.75) is 49.2 Å². The Kier molecular flexibility index (Phi) is 7.13. The molecule has 0 fully saturated rings. The van der Waals surface area contributed by atoms with Crippen LogP contribution < -0.4 is 5.32 Å². The number of allylic oxidation sites excluding steroid dienone is 1. The van der Waals surface area contributed by atoms with Crippen LogP contribution in [0.5, 0.6) is 0 Å². The topological polar surface area (TPSA) is 29.1 Å². The van der Waals surface area contributed by atoms with Crippen molar-refractivity contribution in [2.75, 3.05) is 6.54 Å². The summed E-state index contributed by atoms with van der Waals surface area (Å²) in [4.78, 5) is 12.9. The Morgan fingerprint density at radius 2 is 2.05 bits per heavy atom. The molecule has 120 valence electrons. The van der Waals surface area contributed by atoms with Gasteiger partial charge in [-0.25, -0.2) is 0 Å². The number of thioether (sulfide) groups is 1. The van der Waals surface area contributed by atoms with E-state index in [1.54, 1.807) is 18.2 Å². The molecule has 1 aromatic rings. The van der Waals surface area contributed by atoms with Crippen molar-refractivity contribution < 1.29 is 4.79 Å². The van der Waals surface area contributed by atoms with Gasteiger partial charge in [-0.3, -0.25) is 4.79 Å². The molecule has 0 saturated heterocycles. The number of halogens is 2. The maximum Gasteiger partial charge on any atom is 0.233 e. The lowest BCUT2D eigenvalue weighted by atomic mass is 9.97. The Morgan fingerprint density at radius 1 is 1.32 bits per heavy atom. The SMILES string of the molecule is C[C@H](Sc1c(Cl)cccc1Cl)C(=O)NCCC1=CCCCC1. The van der Waals surface area contributed by atoms with Crippen LogP contribution in [0.4, 0.5) is 0 Å². The molecular weight excluding hydrogens is 337 g/mol. The van der Waals surface area contributed by atoms with E-state index < -0.39 is 0 Å². The third-order valence-corrected chi connectivity index (χ3v) is 5.81. The number of rotatable bonds is 6. The maximum absolute atomic E-state index is 12.2. The van der Waals surface area contributed by atoms with Gasteiger partial charge in [0.05, 0.1) is 15.3 Å². The van der Waals surface area contributed by atoms with Gasteiger partial charge in [0.1, 0.15) is 0 Å². The first-order valence-electron chi connectivity index (χ1n) is 7.64. The molecule has 0 radical (unpaired) electrons. The second-order valence-corrected chi connectivity index (χ2v) is 7.63. The van der Waals surface area contributed by atoms with Crippen molar-refractivity contribution >= 4 is 40.9 Å². The van der Waals surface area contributed by atoms with Gasteiger partial charge in [-0.2, -0.15) is 0 Å². The van der Waals surface area contributed by atoms with E-state index in [1.807, 2.05) is 6.92 Å². The summed E-state index contributed by atoms with van der Waals surface area (Å²) in [5.74, 6) is 0.0254. The van der Waals surface area contributed by atoms with Crippen molar-refractivity contribution in [1.82, 2.24) is 5.32 Å². The number of nitrogens with one attached hydrogen (secondary N) is 1. The van der Waals surface area contributed by atoms with Gasteiger partial charge in [-0.1, -0.05) is 40.9 Å². The average Bonchev–Trinajstić information content (AvgIpc) is 2.52. The van der Waals surface area contributed by atoms with Crippen molar-refractivity contribution in [3.63, 3.8) is 0 Å². The van der Waals surface area contributed by atoms with E-state index in [4.69, 9.17) is 23.2 Å². The molecule has 0 heterocycles. The summed E-state index contributed by atoms with van der Waals surface area (Å²) < 4.78 is 0. The quantitative estimate of drug-likeness (QED) is 0.539. The van der Waals surface area contributed by atoms with Crippen LogP contribution in [-0.4, -0.2) is 17.7 Å². The molecule has 0 spiro atoms. The van der Waals surface area contributed by atoms with Crippen LogP contribution >= 0.6 is 35.0 Å². The maximum atomic E-state index is 12.2. The summed E-state index contributed by atoms with van der Waals surface area (Å²) >= 11 is 13.7. The van der Waals surface area contributed by atoms with Gasteiger partial charge in [-0.15, -0.1) is 11.8 Å². The number of benzene rings is 1. The highest BCUT2D eigenvalue weighted by Gasteiger charge is 2.17. The first-order chi connectivity index (χ1) is 10.6. The highest BCUT2D eigenvalue weighted by molar-refractivity contribution is 8.00. The molecule has 0 aliphatic heterocycles. The number of amides is 1. The van der Waals surface area contributed by atoms with Crippen molar-refractivity contribution in [1.29, 1.82) is 0 Å². The van der Waals surface area contributed by atoms with E-state index in [1.165, 1.54) is 43.0 Å². The van der Waals surface area contributed by atoms with Crippen LogP contribution in [0.15, 0.2) is 34.7 Å². The van der Waals surface area contributed by atoms with E-state index >= 15 is 0 Å². The van der Waals surface area contributed by atoms with E-state index in [-0.39, 0.29) is 11.2 Å². The van der Waals surface area contributed by atoms with Gasteiger partial charge < -0.3 is 5.32 Å². The molecule has 1 aliphatic rings. The summed E-state index contributed by atoms with van der Waals surface area (Å²) in [6.45, 7) is 2.57. The zero-order valence-electron chi connectivity index (χ0n) is 12.7. The van der Waals surface area contributed by atoms with Gasteiger partial charge in [0.15, 0.2) is 0 Å². The van der Waals surface area contributed by atoms with Gasteiger partial charge in [-0.05, 0) is 51.2 Å². The monoisotopic (exact) mass is 357 g/mol. The van der Waals surface area contributed by atoms with Gasteiger partial charge in [0.2, 0.25) is 5.91 Å². The summed E-state index contributed by atoms with van der Waals surface area (Å²) in [7, 11) is 0. The summed E-state index contributed by atoms with van der Waals surface area (Å²) in [6, 6.07) is 5.38. The van der Waals surface area contributed by atoms with E-state index in [2.05, 4.69) is 11.4 Å². The highest BCUT2D eigenvalue weighted by Crippen LogP contribution is 2.36. The van der Waals surface area contributed by atoms with Gasteiger partial charge >= 0.3 is 0 Å². The summed E-state index contributed by atoms with van der Waals surface area (Å²) in [5, 5.41) is 3.95. The minimum Gasteiger partial charge on any atom is -0.355 e. The number of carbonyl (C=O) groups is 1. The predicted molar refractivity (Wildman–Crippen MR) is 96.0 cm³/mol. The first-order valence-corrected chi connectivity index (χ1v) is 9.28. The minimum atomic E-state index is -0.224. The van der Waals surface area contributed by atoms with E-state index in [9.17, 15) is 4.79 Å². The van der Waals surface area contributed by atoms with Crippen LogP contribution in [0.3, 0.4) is 0 Å². The molecule has 1 aromatic carbocycles. The lowest BCUT2D eigenvalue weighted by Gasteiger charge is -2.15. The molecule has 22 heavy (non-hydrogen) atoms. The normalized spacial score (nSPS) is 16.0. The second kappa shape index (κ2) is 8.85. The molecule has 0 saturated carbocycles. The fourth-order valence-electron chi connectivity index (χ4n) is 2.45. The zero-order valence-corrected chi connectivity index (χ0v) is 15.0. The fourth-order valence-corrected chi connectivity index (χ4v) is 4.02.